The number of aryl methyl sites for hydroxylation is 1. The average molecular weight is 537 g/mol. The van der Waals surface area contributed by atoms with Crippen molar-refractivity contribution in [3.63, 3.8) is 0 Å². The molecule has 3 amide bonds. The third kappa shape index (κ3) is 6.25. The van der Waals surface area contributed by atoms with Gasteiger partial charge in [0.05, 0.1) is 19.2 Å². The Labute approximate surface area is 219 Å². The molecule has 11 nitrogen and oxygen atoms in total. The summed E-state index contributed by atoms with van der Waals surface area (Å²) in [6.45, 7) is 1.84. The van der Waals surface area contributed by atoms with E-state index in [0.29, 0.717) is 22.0 Å². The van der Waals surface area contributed by atoms with E-state index in [2.05, 4.69) is 30.3 Å². The topological polar surface area (TPSA) is 158 Å². The first-order chi connectivity index (χ1) is 18.2. The molecule has 4 N–H and O–H groups in total. The van der Waals surface area contributed by atoms with Crippen LogP contribution in [0.1, 0.15) is 20.8 Å². The number of nitrogens with one attached hydrogen (secondary N) is 2. The second kappa shape index (κ2) is 11.4. The molecule has 1 aromatic carbocycles. The second-order valence-corrected chi connectivity index (χ2v) is 8.99. The number of hydrogen-bond acceptors (Lipinski definition) is 9. The lowest BCUT2D eigenvalue weighted by Gasteiger charge is -2.09. The highest BCUT2D eigenvalue weighted by molar-refractivity contribution is 7.16. The molecule has 0 atom stereocenters. The van der Waals surface area contributed by atoms with Crippen LogP contribution < -0.4 is 21.1 Å². The normalized spacial score (nSPS) is 10.5. The van der Waals surface area contributed by atoms with Crippen LogP contribution in [-0.2, 0) is 16.0 Å². The summed E-state index contributed by atoms with van der Waals surface area (Å²) in [7, 11) is 1.25. The zero-order valence-electron chi connectivity index (χ0n) is 20.1. The number of carbonyl (C=O) groups excluding carboxylic acids is 3. The number of benzene rings is 1. The van der Waals surface area contributed by atoms with Crippen LogP contribution in [0.3, 0.4) is 0 Å². The molecule has 3 heterocycles. The van der Waals surface area contributed by atoms with Gasteiger partial charge in [-0.2, -0.15) is 0 Å². The van der Waals surface area contributed by atoms with Crippen LogP contribution in [0.2, 0.25) is 0 Å². The summed E-state index contributed by atoms with van der Waals surface area (Å²) >= 11 is 1.27. The van der Waals surface area contributed by atoms with Crippen molar-refractivity contribution < 1.29 is 28.2 Å². The predicted molar refractivity (Wildman–Crippen MR) is 138 cm³/mol. The molecule has 13 heteroatoms. The SMILES string of the molecule is COC(=O)Nc1cc(-c2nc(NC(=O)Cc3ccc(Oc4ncccc4C(N)=O)c(F)c3)sc2C)ccn1. The first kappa shape index (κ1) is 26.2. The number of methoxy groups -OCH3 is 1. The Bertz CT molecular complexity index is 1530. The highest BCUT2D eigenvalue weighted by atomic mass is 32.1. The molecule has 0 fully saturated rings. The van der Waals surface area contributed by atoms with E-state index >= 15 is 0 Å². The zero-order chi connectivity index (χ0) is 27.2. The molecule has 0 saturated heterocycles. The summed E-state index contributed by atoms with van der Waals surface area (Å²) in [5.41, 5.74) is 7.00. The summed E-state index contributed by atoms with van der Waals surface area (Å²) in [6, 6.07) is 10.3. The fraction of sp³-hybridized carbons (Fsp3) is 0.120. The Morgan fingerprint density at radius 3 is 2.63 bits per heavy atom. The van der Waals surface area contributed by atoms with Crippen molar-refractivity contribution in [2.75, 3.05) is 17.7 Å². The number of halogens is 1. The summed E-state index contributed by atoms with van der Waals surface area (Å²) < 4.78 is 24.7. The van der Waals surface area contributed by atoms with Gasteiger partial charge in [0.2, 0.25) is 11.8 Å². The van der Waals surface area contributed by atoms with Crippen LogP contribution >= 0.6 is 11.3 Å². The molecule has 0 unspecified atom stereocenters. The maximum atomic E-state index is 14.7. The number of ether oxygens (including phenoxy) is 2. The lowest BCUT2D eigenvalue weighted by Crippen LogP contribution is -2.14. The Balaban J connectivity index is 1.43. The quantitative estimate of drug-likeness (QED) is 0.301. The number of nitrogens with two attached hydrogens (primary N) is 1. The standard InChI is InChI=1S/C25H21FN6O5S/c1-13-21(15-7-9-28-19(12-15)30-25(35)36-2)32-24(38-13)31-20(33)11-14-5-6-18(17(26)10-14)37-23-16(22(27)34)4-3-8-29-23/h3-10,12H,11H2,1-2H3,(H2,27,34)(H,28,30,35)(H,31,32,33). The van der Waals surface area contributed by atoms with E-state index in [0.717, 1.165) is 10.9 Å². The molecule has 0 saturated carbocycles. The highest BCUT2D eigenvalue weighted by Gasteiger charge is 2.16. The van der Waals surface area contributed by atoms with E-state index in [1.807, 2.05) is 6.92 Å². The van der Waals surface area contributed by atoms with E-state index in [1.54, 1.807) is 12.1 Å². The minimum Gasteiger partial charge on any atom is -0.453 e. The maximum absolute atomic E-state index is 14.7. The molecular formula is C25H21FN6O5S. The molecule has 0 radical (unpaired) electrons. The van der Waals surface area contributed by atoms with Gasteiger partial charge >= 0.3 is 6.09 Å². The molecule has 38 heavy (non-hydrogen) atoms. The van der Waals surface area contributed by atoms with Crippen molar-refractivity contribution in [3.8, 4) is 22.9 Å². The fourth-order valence-electron chi connectivity index (χ4n) is 3.37. The monoisotopic (exact) mass is 536 g/mol. The van der Waals surface area contributed by atoms with Crippen molar-refractivity contribution in [1.29, 1.82) is 0 Å². The number of carbonyl (C=O) groups is 3. The summed E-state index contributed by atoms with van der Waals surface area (Å²) in [5.74, 6) is -1.91. The van der Waals surface area contributed by atoms with Crippen LogP contribution in [0.4, 0.5) is 20.1 Å². The van der Waals surface area contributed by atoms with E-state index in [1.165, 1.54) is 55.1 Å². The number of primary amides is 1. The Morgan fingerprint density at radius 2 is 1.89 bits per heavy atom. The van der Waals surface area contributed by atoms with Crippen molar-refractivity contribution in [2.45, 2.75) is 13.3 Å². The number of thiazole rings is 1. The Hall–Kier alpha value is -4.91. The predicted octanol–water partition coefficient (Wildman–Crippen LogP) is 4.30. The van der Waals surface area contributed by atoms with Gasteiger partial charge in [0.15, 0.2) is 16.7 Å². The number of pyridine rings is 2. The lowest BCUT2D eigenvalue weighted by atomic mass is 10.1. The van der Waals surface area contributed by atoms with Gasteiger partial charge in [0.25, 0.3) is 5.91 Å². The fourth-order valence-corrected chi connectivity index (χ4v) is 4.22. The summed E-state index contributed by atoms with van der Waals surface area (Å²) in [6.07, 6.45) is 2.13. The summed E-state index contributed by atoms with van der Waals surface area (Å²) in [4.78, 5) is 48.9. The van der Waals surface area contributed by atoms with Gasteiger partial charge in [-0.25, -0.2) is 24.1 Å². The van der Waals surface area contributed by atoms with Gasteiger partial charge < -0.3 is 20.5 Å². The minimum atomic E-state index is -0.760. The van der Waals surface area contributed by atoms with Gasteiger partial charge in [0.1, 0.15) is 11.4 Å². The van der Waals surface area contributed by atoms with Gasteiger partial charge in [-0.1, -0.05) is 6.07 Å². The van der Waals surface area contributed by atoms with Crippen molar-refractivity contribution >= 4 is 40.2 Å². The van der Waals surface area contributed by atoms with Crippen LogP contribution in [0.25, 0.3) is 11.3 Å². The van der Waals surface area contributed by atoms with Gasteiger partial charge in [-0.05, 0) is 48.9 Å². The number of nitrogens with zero attached hydrogens (tertiary/aromatic N) is 3. The highest BCUT2D eigenvalue weighted by Crippen LogP contribution is 2.31. The third-order valence-corrected chi connectivity index (χ3v) is 5.98. The Morgan fingerprint density at radius 1 is 1.08 bits per heavy atom. The van der Waals surface area contributed by atoms with Crippen molar-refractivity contribution in [2.24, 2.45) is 5.73 Å². The van der Waals surface area contributed by atoms with E-state index in [4.69, 9.17) is 10.5 Å². The summed E-state index contributed by atoms with van der Waals surface area (Å²) in [5, 5.41) is 5.56. The molecule has 0 aliphatic carbocycles. The van der Waals surface area contributed by atoms with E-state index in [9.17, 15) is 18.8 Å². The molecule has 3 aromatic heterocycles. The van der Waals surface area contributed by atoms with Crippen LogP contribution in [0.15, 0.2) is 54.9 Å². The molecule has 0 bridgehead atoms. The van der Waals surface area contributed by atoms with Gasteiger partial charge in [-0.3, -0.25) is 14.9 Å². The average Bonchev–Trinajstić information content (AvgIpc) is 3.25. The van der Waals surface area contributed by atoms with Gasteiger partial charge in [-0.15, -0.1) is 11.3 Å². The zero-order valence-corrected chi connectivity index (χ0v) is 21.0. The van der Waals surface area contributed by atoms with E-state index in [-0.39, 0.29) is 29.4 Å². The largest absolute Gasteiger partial charge is 0.453 e. The maximum Gasteiger partial charge on any atom is 0.412 e. The number of amides is 3. The first-order valence-electron chi connectivity index (χ1n) is 11.0. The molecule has 0 spiro atoms. The third-order valence-electron chi connectivity index (χ3n) is 5.10. The van der Waals surface area contributed by atoms with Crippen LogP contribution in [0.5, 0.6) is 11.6 Å². The number of hydrogen-bond donors (Lipinski definition) is 3. The van der Waals surface area contributed by atoms with Crippen molar-refractivity contribution in [3.05, 3.63) is 76.7 Å². The molecule has 4 aromatic rings. The first-order valence-corrected chi connectivity index (χ1v) is 11.8. The molecular weight excluding hydrogens is 515 g/mol. The number of anilines is 2. The number of rotatable bonds is 8. The smallest absolute Gasteiger partial charge is 0.412 e. The molecule has 0 aliphatic rings. The minimum absolute atomic E-state index is 0.0104. The second-order valence-electron chi connectivity index (χ2n) is 7.78. The number of aromatic nitrogens is 3. The molecule has 194 valence electrons. The van der Waals surface area contributed by atoms with Crippen LogP contribution in [0, 0.1) is 12.7 Å². The van der Waals surface area contributed by atoms with Gasteiger partial charge in [0, 0.05) is 22.8 Å². The Kier molecular flexibility index (Phi) is 7.87. The van der Waals surface area contributed by atoms with Crippen molar-refractivity contribution in [1.82, 2.24) is 15.0 Å². The lowest BCUT2D eigenvalue weighted by molar-refractivity contribution is -0.115. The molecule has 0 aliphatic heterocycles. The van der Waals surface area contributed by atoms with E-state index < -0.39 is 23.7 Å². The van der Waals surface area contributed by atoms with Crippen LogP contribution in [-0.4, -0.2) is 40.0 Å². The molecule has 4 rings (SSSR count).